The lowest BCUT2D eigenvalue weighted by molar-refractivity contribution is 0.0846. The molecule has 0 saturated heterocycles. The number of aliphatic hydroxyl groups excluding tert-OH is 1. The summed E-state index contributed by atoms with van der Waals surface area (Å²) in [7, 11) is 3.12. The van der Waals surface area contributed by atoms with E-state index in [1.807, 2.05) is 6.07 Å². The van der Waals surface area contributed by atoms with E-state index in [0.29, 0.717) is 37.8 Å². The summed E-state index contributed by atoms with van der Waals surface area (Å²) in [5, 5.41) is 14.2. The van der Waals surface area contributed by atoms with Gasteiger partial charge < -0.3 is 24.6 Å². The molecule has 1 atom stereocenters. The summed E-state index contributed by atoms with van der Waals surface area (Å²) < 4.78 is 16.1. The molecule has 0 radical (unpaired) electrons. The van der Waals surface area contributed by atoms with E-state index in [0.717, 1.165) is 5.56 Å². The van der Waals surface area contributed by atoms with E-state index >= 15 is 0 Å². The Bertz CT molecular complexity index is 1110. The number of carbonyl (C=O) groups is 1. The fourth-order valence-electron chi connectivity index (χ4n) is 2.83. The average Bonchev–Trinajstić information content (AvgIpc) is 3.19. The number of methoxy groups -OCH3 is 2. The number of amides is 1. The molecule has 0 fully saturated rings. The molecular formula is C22H22Cl2N2O5S. The molecule has 170 valence electrons. The van der Waals surface area contributed by atoms with Gasteiger partial charge in [-0.1, -0.05) is 29.3 Å². The quantitative estimate of drug-likeness (QED) is 0.449. The zero-order valence-corrected chi connectivity index (χ0v) is 20.0. The van der Waals surface area contributed by atoms with Crippen LogP contribution in [0.15, 0.2) is 36.4 Å². The second-order valence-corrected chi connectivity index (χ2v) is 8.51. The summed E-state index contributed by atoms with van der Waals surface area (Å²) in [5.41, 5.74) is 1.40. The van der Waals surface area contributed by atoms with Crippen molar-refractivity contribution in [1.29, 1.82) is 0 Å². The number of hydrogen-bond donors (Lipinski definition) is 2. The third kappa shape index (κ3) is 5.63. The van der Waals surface area contributed by atoms with Gasteiger partial charge in [-0.15, -0.1) is 11.3 Å². The summed E-state index contributed by atoms with van der Waals surface area (Å²) in [5.74, 6) is 1.22. The molecule has 1 unspecified atom stereocenters. The first kappa shape index (κ1) is 24.1. The Labute approximate surface area is 199 Å². The molecule has 7 nitrogen and oxygen atoms in total. The molecule has 0 aliphatic rings. The third-order valence-electron chi connectivity index (χ3n) is 4.48. The van der Waals surface area contributed by atoms with E-state index in [1.54, 1.807) is 51.5 Å². The van der Waals surface area contributed by atoms with Crippen LogP contribution in [0.5, 0.6) is 17.2 Å². The fraction of sp³-hybridized carbons (Fsp3) is 0.273. The van der Waals surface area contributed by atoms with Crippen LogP contribution in [0.4, 0.5) is 0 Å². The first-order valence-electron chi connectivity index (χ1n) is 9.57. The van der Waals surface area contributed by atoms with Gasteiger partial charge in [-0.2, -0.15) is 0 Å². The number of halogens is 2. The molecule has 2 aromatic carbocycles. The summed E-state index contributed by atoms with van der Waals surface area (Å²) in [4.78, 5) is 17.6. The van der Waals surface area contributed by atoms with E-state index in [9.17, 15) is 9.90 Å². The predicted octanol–water partition coefficient (Wildman–Crippen LogP) is 4.61. The van der Waals surface area contributed by atoms with Crippen molar-refractivity contribution >= 4 is 40.4 Å². The second-order valence-electron chi connectivity index (χ2n) is 6.73. The number of nitrogens with one attached hydrogen (secondary N) is 1. The van der Waals surface area contributed by atoms with Crippen molar-refractivity contribution in [2.75, 3.05) is 27.4 Å². The Kier molecular flexibility index (Phi) is 8.20. The predicted molar refractivity (Wildman–Crippen MR) is 126 cm³/mol. The maximum atomic E-state index is 12.6. The average molecular weight is 497 g/mol. The van der Waals surface area contributed by atoms with E-state index in [-0.39, 0.29) is 24.1 Å². The molecule has 0 saturated carbocycles. The van der Waals surface area contributed by atoms with E-state index in [2.05, 4.69) is 10.3 Å². The topological polar surface area (TPSA) is 89.9 Å². The Morgan fingerprint density at radius 1 is 1.16 bits per heavy atom. The van der Waals surface area contributed by atoms with Gasteiger partial charge in [0.2, 0.25) is 0 Å². The lowest BCUT2D eigenvalue weighted by Crippen LogP contribution is -2.35. The fourth-order valence-corrected chi connectivity index (χ4v) is 4.16. The van der Waals surface area contributed by atoms with Crippen LogP contribution in [0.2, 0.25) is 10.0 Å². The number of benzene rings is 2. The number of aromatic nitrogens is 1. The van der Waals surface area contributed by atoms with Crippen molar-refractivity contribution in [3.8, 4) is 27.8 Å². The first-order chi connectivity index (χ1) is 15.3. The molecule has 32 heavy (non-hydrogen) atoms. The standard InChI is InChI=1S/C22H22Cl2N2O5S/c1-12-20(32-22(26-12)13-7-8-16(29-2)18(9-13)30-3)21(28)25-10-14(27)11-31-17-6-4-5-15(23)19(17)24/h4-9,14,27H,10-11H2,1-3H3,(H,25,28). The largest absolute Gasteiger partial charge is 0.493 e. The number of nitrogens with zero attached hydrogens (tertiary/aromatic N) is 1. The number of rotatable bonds is 9. The van der Waals surface area contributed by atoms with Gasteiger partial charge >= 0.3 is 0 Å². The molecule has 3 rings (SSSR count). The second kappa shape index (κ2) is 10.9. The van der Waals surface area contributed by atoms with Crippen molar-refractivity contribution in [1.82, 2.24) is 10.3 Å². The Morgan fingerprint density at radius 2 is 1.91 bits per heavy atom. The number of ether oxygens (including phenoxy) is 3. The maximum Gasteiger partial charge on any atom is 0.263 e. The van der Waals surface area contributed by atoms with Gasteiger partial charge in [-0.05, 0) is 37.3 Å². The summed E-state index contributed by atoms with van der Waals surface area (Å²) in [6.45, 7) is 1.70. The molecule has 0 spiro atoms. The van der Waals surface area contributed by atoms with Crippen LogP contribution in [-0.2, 0) is 0 Å². The zero-order valence-electron chi connectivity index (χ0n) is 17.6. The molecule has 1 amide bonds. The van der Waals surface area contributed by atoms with Gasteiger partial charge in [0.25, 0.3) is 5.91 Å². The number of aryl methyl sites for hydroxylation is 1. The highest BCUT2D eigenvalue weighted by molar-refractivity contribution is 7.17. The van der Waals surface area contributed by atoms with Gasteiger partial charge in [-0.25, -0.2) is 4.98 Å². The lowest BCUT2D eigenvalue weighted by atomic mass is 10.2. The number of hydrogen-bond acceptors (Lipinski definition) is 7. The monoisotopic (exact) mass is 496 g/mol. The van der Waals surface area contributed by atoms with Crippen molar-refractivity contribution in [2.45, 2.75) is 13.0 Å². The maximum absolute atomic E-state index is 12.6. The molecule has 0 aliphatic carbocycles. The minimum Gasteiger partial charge on any atom is -0.493 e. The Balaban J connectivity index is 1.61. The lowest BCUT2D eigenvalue weighted by Gasteiger charge is -2.14. The van der Waals surface area contributed by atoms with Gasteiger partial charge in [0, 0.05) is 12.1 Å². The highest BCUT2D eigenvalue weighted by Gasteiger charge is 2.18. The molecule has 10 heteroatoms. The SMILES string of the molecule is COc1ccc(-c2nc(C)c(C(=O)NCC(O)COc3cccc(Cl)c3Cl)s2)cc1OC. The number of aliphatic hydroxyl groups is 1. The molecule has 3 aromatic rings. The molecular weight excluding hydrogens is 475 g/mol. The number of carbonyl (C=O) groups excluding carboxylic acids is 1. The Hall–Kier alpha value is -2.52. The third-order valence-corrected chi connectivity index (χ3v) is 6.49. The summed E-state index contributed by atoms with van der Waals surface area (Å²) >= 11 is 13.3. The summed E-state index contributed by atoms with van der Waals surface area (Å²) in [6.07, 6.45) is -0.937. The molecule has 0 bridgehead atoms. The van der Waals surface area contributed by atoms with Crippen LogP contribution in [0.25, 0.3) is 10.6 Å². The van der Waals surface area contributed by atoms with Crippen molar-refractivity contribution in [3.63, 3.8) is 0 Å². The Morgan fingerprint density at radius 3 is 2.62 bits per heavy atom. The van der Waals surface area contributed by atoms with Gasteiger partial charge in [-0.3, -0.25) is 4.79 Å². The highest BCUT2D eigenvalue weighted by atomic mass is 35.5. The van der Waals surface area contributed by atoms with Gasteiger partial charge in [0.15, 0.2) is 11.5 Å². The van der Waals surface area contributed by atoms with Crippen LogP contribution in [-0.4, -0.2) is 49.5 Å². The van der Waals surface area contributed by atoms with Crippen LogP contribution in [0, 0.1) is 6.92 Å². The van der Waals surface area contributed by atoms with Crippen LogP contribution >= 0.6 is 34.5 Å². The van der Waals surface area contributed by atoms with E-state index < -0.39 is 6.10 Å². The minimum absolute atomic E-state index is 0.0000497. The van der Waals surface area contributed by atoms with Crippen molar-refractivity contribution in [3.05, 3.63) is 57.0 Å². The zero-order chi connectivity index (χ0) is 23.3. The molecule has 0 aliphatic heterocycles. The van der Waals surface area contributed by atoms with Crippen molar-refractivity contribution in [2.24, 2.45) is 0 Å². The van der Waals surface area contributed by atoms with Crippen LogP contribution < -0.4 is 19.5 Å². The molecule has 1 heterocycles. The van der Waals surface area contributed by atoms with E-state index in [1.165, 1.54) is 11.3 Å². The highest BCUT2D eigenvalue weighted by Crippen LogP contribution is 2.35. The summed E-state index contributed by atoms with van der Waals surface area (Å²) in [6, 6.07) is 10.4. The first-order valence-corrected chi connectivity index (χ1v) is 11.1. The minimum atomic E-state index is -0.937. The molecule has 1 aromatic heterocycles. The normalized spacial score (nSPS) is 11.7. The smallest absolute Gasteiger partial charge is 0.263 e. The number of thiazole rings is 1. The van der Waals surface area contributed by atoms with E-state index in [4.69, 9.17) is 37.4 Å². The van der Waals surface area contributed by atoms with Crippen LogP contribution in [0.1, 0.15) is 15.4 Å². The van der Waals surface area contributed by atoms with Gasteiger partial charge in [0.05, 0.1) is 24.9 Å². The van der Waals surface area contributed by atoms with Gasteiger partial charge in [0.1, 0.15) is 33.4 Å². The van der Waals surface area contributed by atoms with Crippen LogP contribution in [0.3, 0.4) is 0 Å². The molecule has 2 N–H and O–H groups in total. The van der Waals surface area contributed by atoms with Crippen molar-refractivity contribution < 1.29 is 24.1 Å².